The van der Waals surface area contributed by atoms with Gasteiger partial charge in [0.15, 0.2) is 11.0 Å². The Balaban J connectivity index is 1.68. The van der Waals surface area contributed by atoms with Crippen molar-refractivity contribution in [1.82, 2.24) is 9.38 Å². The van der Waals surface area contributed by atoms with Crippen molar-refractivity contribution in [2.24, 2.45) is 0 Å². The summed E-state index contributed by atoms with van der Waals surface area (Å²) in [6.07, 6.45) is 2.36. The first-order chi connectivity index (χ1) is 12.2. The third kappa shape index (κ3) is 2.96. The number of hydrogen-bond acceptors (Lipinski definition) is 5. The van der Waals surface area contributed by atoms with Crippen molar-refractivity contribution < 1.29 is 14.4 Å². The number of quaternary nitrogens is 1. The lowest BCUT2D eigenvalue weighted by Crippen LogP contribution is -3.15. The fraction of sp³-hybridized carbons (Fsp3) is 0.278. The topological polar surface area (TPSA) is 65.1 Å². The van der Waals surface area contributed by atoms with Crippen LogP contribution in [0.4, 0.5) is 0 Å². The van der Waals surface area contributed by atoms with E-state index in [1.165, 1.54) is 34.0 Å². The summed E-state index contributed by atoms with van der Waals surface area (Å²) in [6, 6.07) is 9.42. The van der Waals surface area contributed by atoms with E-state index >= 15 is 0 Å². The maximum absolute atomic E-state index is 12.3. The van der Waals surface area contributed by atoms with E-state index in [2.05, 4.69) is 17.1 Å². The SMILES string of the molecule is COC(=O)[C@H]1Cc2ccccc2C[NH+]1Cc1cc(=O)n2ccsc2n1. The number of benzene rings is 1. The molecular formula is C18H18N3O3S+. The number of hydrogen-bond donors (Lipinski definition) is 1. The lowest BCUT2D eigenvalue weighted by molar-refractivity contribution is -0.946. The smallest absolute Gasteiger partial charge is 0.365 e. The minimum atomic E-state index is -0.288. The van der Waals surface area contributed by atoms with Crippen LogP contribution in [-0.4, -0.2) is 28.5 Å². The molecular weight excluding hydrogens is 338 g/mol. The van der Waals surface area contributed by atoms with Gasteiger partial charge in [0.1, 0.15) is 18.8 Å². The molecule has 128 valence electrons. The summed E-state index contributed by atoms with van der Waals surface area (Å²) in [6.45, 7) is 1.22. The number of ether oxygens (including phenoxy) is 1. The van der Waals surface area contributed by atoms with Crippen molar-refractivity contribution >= 4 is 22.3 Å². The zero-order valence-electron chi connectivity index (χ0n) is 13.8. The van der Waals surface area contributed by atoms with Crippen LogP contribution < -0.4 is 10.5 Å². The Morgan fingerprint density at radius 1 is 1.40 bits per heavy atom. The third-order valence-electron chi connectivity index (χ3n) is 4.70. The number of rotatable bonds is 3. The van der Waals surface area contributed by atoms with E-state index in [0.717, 1.165) is 4.90 Å². The molecule has 1 aliphatic rings. The Morgan fingerprint density at radius 2 is 2.20 bits per heavy atom. The van der Waals surface area contributed by atoms with Gasteiger partial charge in [0.2, 0.25) is 0 Å². The second kappa shape index (κ2) is 6.42. The first kappa shape index (κ1) is 16.0. The Bertz CT molecular complexity index is 994. The number of fused-ring (bicyclic) bond motifs is 2. The Kier molecular flexibility index (Phi) is 4.10. The van der Waals surface area contributed by atoms with E-state index in [0.29, 0.717) is 30.2 Å². The summed E-state index contributed by atoms with van der Waals surface area (Å²) < 4.78 is 6.54. The van der Waals surface area contributed by atoms with Crippen LogP contribution in [0.3, 0.4) is 0 Å². The predicted molar refractivity (Wildman–Crippen MR) is 93.7 cm³/mol. The van der Waals surface area contributed by atoms with Gasteiger partial charge in [-0.25, -0.2) is 9.78 Å². The summed E-state index contributed by atoms with van der Waals surface area (Å²) in [4.78, 5) is 30.8. The first-order valence-electron chi connectivity index (χ1n) is 8.10. The number of aromatic nitrogens is 2. The number of thiazole rings is 1. The van der Waals surface area contributed by atoms with Crippen LogP contribution in [0, 0.1) is 0 Å². The van der Waals surface area contributed by atoms with E-state index in [9.17, 15) is 9.59 Å². The molecule has 1 N–H and O–H groups in total. The van der Waals surface area contributed by atoms with Gasteiger partial charge in [-0.3, -0.25) is 9.20 Å². The summed E-state index contributed by atoms with van der Waals surface area (Å²) in [5, 5.41) is 1.84. The van der Waals surface area contributed by atoms with Gasteiger partial charge < -0.3 is 9.64 Å². The second-order valence-electron chi connectivity index (χ2n) is 6.20. The standard InChI is InChI=1S/C18H17N3O3S/c1-24-17(23)15-8-12-4-2-3-5-13(12)10-20(15)11-14-9-16(22)21-6-7-25-18(21)19-14/h2-7,9,15H,8,10-11H2,1H3/p+1/t15-/m1/s1. The molecule has 7 heteroatoms. The van der Waals surface area contributed by atoms with E-state index in [-0.39, 0.29) is 17.6 Å². The molecule has 25 heavy (non-hydrogen) atoms. The van der Waals surface area contributed by atoms with Crippen LogP contribution in [0.1, 0.15) is 16.8 Å². The lowest BCUT2D eigenvalue weighted by atomic mass is 9.94. The molecule has 0 saturated heterocycles. The minimum absolute atomic E-state index is 0.0901. The lowest BCUT2D eigenvalue weighted by Gasteiger charge is -2.31. The summed E-state index contributed by atoms with van der Waals surface area (Å²) in [5.74, 6) is -0.224. The highest BCUT2D eigenvalue weighted by Gasteiger charge is 2.36. The van der Waals surface area contributed by atoms with E-state index in [1.54, 1.807) is 12.3 Å². The number of nitrogens with zero attached hydrogens (tertiary/aromatic N) is 2. The van der Waals surface area contributed by atoms with Crippen LogP contribution in [0.15, 0.2) is 46.7 Å². The van der Waals surface area contributed by atoms with Gasteiger partial charge in [0.05, 0.1) is 7.11 Å². The first-order valence-corrected chi connectivity index (χ1v) is 8.98. The van der Waals surface area contributed by atoms with Crippen LogP contribution in [-0.2, 0) is 29.0 Å². The largest absolute Gasteiger partial charge is 0.465 e. The van der Waals surface area contributed by atoms with Crippen LogP contribution in [0.5, 0.6) is 0 Å². The molecule has 3 heterocycles. The molecule has 0 radical (unpaired) electrons. The molecule has 2 aromatic heterocycles. The molecule has 0 amide bonds. The summed E-state index contributed by atoms with van der Waals surface area (Å²) in [5.41, 5.74) is 3.03. The van der Waals surface area contributed by atoms with E-state index < -0.39 is 0 Å². The van der Waals surface area contributed by atoms with Crippen LogP contribution >= 0.6 is 11.3 Å². The number of carbonyl (C=O) groups excluding carboxylic acids is 1. The van der Waals surface area contributed by atoms with Gasteiger partial charge in [-0.2, -0.15) is 0 Å². The van der Waals surface area contributed by atoms with Crippen molar-refractivity contribution in [3.8, 4) is 0 Å². The maximum Gasteiger partial charge on any atom is 0.365 e. The van der Waals surface area contributed by atoms with Gasteiger partial charge in [-0.15, -0.1) is 11.3 Å². The molecule has 0 fully saturated rings. The number of esters is 1. The van der Waals surface area contributed by atoms with Crippen molar-refractivity contribution in [3.05, 3.63) is 69.1 Å². The third-order valence-corrected chi connectivity index (χ3v) is 5.46. The summed E-state index contributed by atoms with van der Waals surface area (Å²) in [7, 11) is 1.42. The van der Waals surface area contributed by atoms with Gasteiger partial charge in [0.25, 0.3) is 5.56 Å². The van der Waals surface area contributed by atoms with Crippen molar-refractivity contribution in [1.29, 1.82) is 0 Å². The number of methoxy groups -OCH3 is 1. The van der Waals surface area contributed by atoms with Crippen LogP contribution in [0.25, 0.3) is 4.96 Å². The van der Waals surface area contributed by atoms with Crippen molar-refractivity contribution in [2.45, 2.75) is 25.6 Å². The quantitative estimate of drug-likeness (QED) is 0.692. The molecule has 0 spiro atoms. The fourth-order valence-electron chi connectivity index (χ4n) is 3.45. The normalized spacial score (nSPS) is 19.6. The molecule has 4 rings (SSSR count). The minimum Gasteiger partial charge on any atom is -0.465 e. The second-order valence-corrected chi connectivity index (χ2v) is 7.07. The molecule has 1 aromatic carbocycles. The molecule has 0 bridgehead atoms. The Morgan fingerprint density at radius 3 is 3.00 bits per heavy atom. The van der Waals surface area contributed by atoms with Crippen molar-refractivity contribution in [3.63, 3.8) is 0 Å². The number of carbonyl (C=O) groups is 1. The average molecular weight is 356 g/mol. The predicted octanol–water partition coefficient (Wildman–Crippen LogP) is 0.439. The zero-order valence-corrected chi connectivity index (χ0v) is 14.6. The highest BCUT2D eigenvalue weighted by Crippen LogP contribution is 2.15. The summed E-state index contributed by atoms with van der Waals surface area (Å²) >= 11 is 1.43. The molecule has 1 unspecified atom stereocenters. The fourth-order valence-corrected chi connectivity index (χ4v) is 4.19. The zero-order chi connectivity index (χ0) is 17.4. The molecule has 2 atom stereocenters. The Labute approximate surface area is 148 Å². The average Bonchev–Trinajstić information content (AvgIpc) is 3.09. The van der Waals surface area contributed by atoms with Crippen molar-refractivity contribution in [2.75, 3.05) is 7.11 Å². The highest BCUT2D eigenvalue weighted by molar-refractivity contribution is 7.15. The van der Waals surface area contributed by atoms with E-state index in [4.69, 9.17) is 4.74 Å². The van der Waals surface area contributed by atoms with Gasteiger partial charge >= 0.3 is 5.97 Å². The molecule has 0 aliphatic carbocycles. The van der Waals surface area contributed by atoms with E-state index in [1.807, 2.05) is 17.5 Å². The van der Waals surface area contributed by atoms with Gasteiger partial charge in [-0.1, -0.05) is 24.3 Å². The monoisotopic (exact) mass is 356 g/mol. The maximum atomic E-state index is 12.3. The van der Waals surface area contributed by atoms with Gasteiger partial charge in [-0.05, 0) is 5.56 Å². The van der Waals surface area contributed by atoms with Crippen LogP contribution in [0.2, 0.25) is 0 Å². The highest BCUT2D eigenvalue weighted by atomic mass is 32.1. The molecule has 6 nitrogen and oxygen atoms in total. The molecule has 0 saturated carbocycles. The molecule has 1 aliphatic heterocycles. The number of nitrogens with one attached hydrogen (secondary N) is 1. The Hall–Kier alpha value is -2.51. The molecule has 3 aromatic rings. The van der Waals surface area contributed by atoms with Gasteiger partial charge in [0, 0.05) is 29.6 Å².